The van der Waals surface area contributed by atoms with Crippen molar-refractivity contribution in [2.45, 2.75) is 45.1 Å². The van der Waals surface area contributed by atoms with Gasteiger partial charge < -0.3 is 15.0 Å². The van der Waals surface area contributed by atoms with Crippen LogP contribution in [0, 0.1) is 0 Å². The van der Waals surface area contributed by atoms with E-state index in [-0.39, 0.29) is 23.6 Å². The van der Waals surface area contributed by atoms with Crippen LogP contribution in [0.1, 0.15) is 59.0 Å². The Morgan fingerprint density at radius 3 is 2.72 bits per heavy atom. The molecule has 0 aliphatic carbocycles. The highest BCUT2D eigenvalue weighted by Crippen LogP contribution is 2.22. The zero-order valence-electron chi connectivity index (χ0n) is 17.2. The van der Waals surface area contributed by atoms with Crippen molar-refractivity contribution in [3.63, 3.8) is 0 Å². The van der Waals surface area contributed by atoms with Crippen molar-refractivity contribution < 1.29 is 14.3 Å². The molecule has 3 rings (SSSR count). The lowest BCUT2D eigenvalue weighted by Gasteiger charge is -2.35. The van der Waals surface area contributed by atoms with Crippen LogP contribution in [-0.2, 0) is 6.42 Å². The van der Waals surface area contributed by atoms with Gasteiger partial charge in [0.2, 0.25) is 0 Å². The zero-order chi connectivity index (χ0) is 20.6. The number of benzene rings is 1. The second-order valence-electron chi connectivity index (χ2n) is 7.34. The monoisotopic (exact) mass is 395 g/mol. The van der Waals surface area contributed by atoms with E-state index in [1.165, 1.54) is 12.6 Å². The van der Waals surface area contributed by atoms with E-state index in [9.17, 15) is 9.59 Å². The van der Waals surface area contributed by atoms with E-state index in [0.717, 1.165) is 37.1 Å². The Labute approximate surface area is 172 Å². The van der Waals surface area contributed by atoms with Crippen LogP contribution in [-0.4, -0.2) is 47.9 Å². The van der Waals surface area contributed by atoms with Crippen LogP contribution in [0.4, 0.5) is 0 Å². The summed E-state index contributed by atoms with van der Waals surface area (Å²) in [5, 5.41) is 2.88. The van der Waals surface area contributed by atoms with Gasteiger partial charge in [0.1, 0.15) is 11.4 Å². The van der Waals surface area contributed by atoms with Gasteiger partial charge in [-0.25, -0.2) is 0 Å². The molecule has 6 nitrogen and oxygen atoms in total. The molecule has 1 aliphatic heterocycles. The summed E-state index contributed by atoms with van der Waals surface area (Å²) in [5.41, 5.74) is 1.91. The number of ether oxygens (including phenoxy) is 1. The fourth-order valence-electron chi connectivity index (χ4n) is 3.75. The molecule has 0 spiro atoms. The van der Waals surface area contributed by atoms with Gasteiger partial charge in [-0.1, -0.05) is 19.1 Å². The number of likely N-dealkylation sites (tertiary alicyclic amines) is 1. The predicted molar refractivity (Wildman–Crippen MR) is 112 cm³/mol. The Morgan fingerprint density at radius 1 is 1.21 bits per heavy atom. The second-order valence-corrected chi connectivity index (χ2v) is 7.34. The summed E-state index contributed by atoms with van der Waals surface area (Å²) in [5.74, 6) is 0.535. The smallest absolute Gasteiger partial charge is 0.269 e. The summed E-state index contributed by atoms with van der Waals surface area (Å²) in [7, 11) is 1.63. The van der Waals surface area contributed by atoms with Crippen molar-refractivity contribution in [1.29, 1.82) is 0 Å². The number of piperidine rings is 1. The molecule has 0 radical (unpaired) electrons. The van der Waals surface area contributed by atoms with Crippen LogP contribution < -0.4 is 10.1 Å². The topological polar surface area (TPSA) is 71.5 Å². The lowest BCUT2D eigenvalue weighted by molar-refractivity contribution is 0.0608. The average Bonchev–Trinajstić information content (AvgIpc) is 2.79. The fraction of sp³-hybridized carbons (Fsp3) is 0.435. The third-order valence-corrected chi connectivity index (χ3v) is 5.46. The minimum Gasteiger partial charge on any atom is -0.497 e. The highest BCUT2D eigenvalue weighted by molar-refractivity contribution is 5.98. The maximum atomic E-state index is 13.0. The number of hydrogen-bond donors (Lipinski definition) is 1. The lowest BCUT2D eigenvalue weighted by Crippen LogP contribution is -2.43. The minimum atomic E-state index is -0.265. The average molecular weight is 396 g/mol. The molecule has 1 fully saturated rings. The van der Waals surface area contributed by atoms with Crippen molar-refractivity contribution in [2.24, 2.45) is 0 Å². The Kier molecular flexibility index (Phi) is 7.22. The van der Waals surface area contributed by atoms with Gasteiger partial charge in [-0.15, -0.1) is 0 Å². The number of carbonyl (C=O) groups excluding carboxylic acids is 2. The lowest BCUT2D eigenvalue weighted by atomic mass is 9.99. The molecule has 1 aromatic carbocycles. The van der Waals surface area contributed by atoms with Crippen molar-refractivity contribution in [1.82, 2.24) is 15.2 Å². The molecule has 29 heavy (non-hydrogen) atoms. The van der Waals surface area contributed by atoms with E-state index in [1.54, 1.807) is 19.2 Å². The number of hydrogen-bond acceptors (Lipinski definition) is 4. The van der Waals surface area contributed by atoms with Crippen molar-refractivity contribution >= 4 is 11.8 Å². The number of amides is 2. The summed E-state index contributed by atoms with van der Waals surface area (Å²) in [4.78, 5) is 31.5. The molecular formula is C23H29N3O3. The van der Waals surface area contributed by atoms with E-state index in [2.05, 4.69) is 17.2 Å². The summed E-state index contributed by atoms with van der Waals surface area (Å²) in [6.45, 7) is 3.39. The molecule has 2 heterocycles. The van der Waals surface area contributed by atoms with Crippen LogP contribution >= 0.6 is 0 Å². The highest BCUT2D eigenvalue weighted by atomic mass is 16.5. The molecule has 1 N–H and O–H groups in total. The Balaban J connectivity index is 1.59. The quantitative estimate of drug-likeness (QED) is 0.779. The third-order valence-electron chi connectivity index (χ3n) is 5.46. The van der Waals surface area contributed by atoms with Crippen LogP contribution in [0.15, 0.2) is 42.6 Å². The number of nitrogens with zero attached hydrogens (tertiary/aromatic N) is 2. The Hall–Kier alpha value is -2.89. The normalized spacial score (nSPS) is 16.3. The Bertz CT molecular complexity index is 836. The molecule has 2 amide bonds. The van der Waals surface area contributed by atoms with Crippen molar-refractivity contribution in [3.8, 4) is 5.75 Å². The van der Waals surface area contributed by atoms with Crippen molar-refractivity contribution in [2.75, 3.05) is 20.2 Å². The highest BCUT2D eigenvalue weighted by Gasteiger charge is 2.26. The first kappa shape index (κ1) is 20.8. The molecule has 2 aromatic rings. The number of methoxy groups -OCH3 is 1. The predicted octanol–water partition coefficient (Wildman–Crippen LogP) is 3.47. The van der Waals surface area contributed by atoms with Crippen molar-refractivity contribution in [3.05, 3.63) is 59.4 Å². The summed E-state index contributed by atoms with van der Waals surface area (Å²) in [6.07, 6.45) is 6.45. The molecule has 1 aromatic heterocycles. The SMILES string of the molecule is CCC1CCCCN1C(=O)c1ccnc(C(=O)NCCc2ccc(OC)cc2)c1. The van der Waals surface area contributed by atoms with Gasteiger partial charge in [0, 0.05) is 30.9 Å². The molecule has 6 heteroatoms. The molecule has 1 aliphatic rings. The number of carbonyl (C=O) groups is 2. The maximum Gasteiger partial charge on any atom is 0.269 e. The van der Waals surface area contributed by atoms with Gasteiger partial charge in [0.25, 0.3) is 11.8 Å². The third kappa shape index (κ3) is 5.34. The maximum absolute atomic E-state index is 13.0. The first-order valence-electron chi connectivity index (χ1n) is 10.3. The van der Waals surface area contributed by atoms with Gasteiger partial charge >= 0.3 is 0 Å². The van der Waals surface area contributed by atoms with Crippen LogP contribution in [0.3, 0.4) is 0 Å². The van der Waals surface area contributed by atoms with Gasteiger partial charge in [0.05, 0.1) is 7.11 Å². The Morgan fingerprint density at radius 2 is 2.00 bits per heavy atom. The van der Waals surface area contributed by atoms with Gasteiger partial charge in [0.15, 0.2) is 0 Å². The summed E-state index contributed by atoms with van der Waals surface area (Å²) < 4.78 is 5.15. The van der Waals surface area contributed by atoms with E-state index < -0.39 is 0 Å². The zero-order valence-corrected chi connectivity index (χ0v) is 17.2. The standard InChI is InChI=1S/C23H29N3O3/c1-3-19-6-4-5-15-26(19)23(28)18-12-14-24-21(16-18)22(27)25-13-11-17-7-9-20(29-2)10-8-17/h7-10,12,14,16,19H,3-6,11,13,15H2,1-2H3,(H,25,27). The molecule has 154 valence electrons. The minimum absolute atomic E-state index is 0.00812. The summed E-state index contributed by atoms with van der Waals surface area (Å²) >= 11 is 0. The van der Waals surface area contributed by atoms with Gasteiger partial charge in [-0.2, -0.15) is 0 Å². The van der Waals surface area contributed by atoms with E-state index in [0.29, 0.717) is 18.5 Å². The molecule has 0 bridgehead atoms. The van der Waals surface area contributed by atoms with Crippen LogP contribution in [0.25, 0.3) is 0 Å². The second kappa shape index (κ2) is 10.0. The van der Waals surface area contributed by atoms with Crippen LogP contribution in [0.5, 0.6) is 5.75 Å². The number of aromatic nitrogens is 1. The van der Waals surface area contributed by atoms with E-state index >= 15 is 0 Å². The van der Waals surface area contributed by atoms with Gasteiger partial charge in [-0.3, -0.25) is 14.6 Å². The largest absolute Gasteiger partial charge is 0.497 e. The number of pyridine rings is 1. The molecular weight excluding hydrogens is 366 g/mol. The first-order valence-corrected chi connectivity index (χ1v) is 10.3. The van der Waals surface area contributed by atoms with Gasteiger partial charge in [-0.05, 0) is 61.9 Å². The van der Waals surface area contributed by atoms with E-state index in [4.69, 9.17) is 4.74 Å². The first-order chi connectivity index (χ1) is 14.1. The number of rotatable bonds is 7. The molecule has 1 saturated heterocycles. The number of nitrogens with one attached hydrogen (secondary N) is 1. The molecule has 1 unspecified atom stereocenters. The van der Waals surface area contributed by atoms with Crippen LogP contribution in [0.2, 0.25) is 0 Å². The molecule has 0 saturated carbocycles. The summed E-state index contributed by atoms with van der Waals surface area (Å²) in [6, 6.07) is 11.3. The fourth-order valence-corrected chi connectivity index (χ4v) is 3.75. The van der Waals surface area contributed by atoms with E-state index in [1.807, 2.05) is 29.2 Å². The molecule has 1 atom stereocenters.